The number of hydrogen-bond acceptors (Lipinski definition) is 4. The van der Waals surface area contributed by atoms with E-state index in [1.807, 2.05) is 60.7 Å². The van der Waals surface area contributed by atoms with E-state index in [-0.39, 0.29) is 5.91 Å². The van der Waals surface area contributed by atoms with E-state index in [1.165, 1.54) is 11.8 Å². The maximum atomic E-state index is 12.2. The number of thioether (sulfide) groups is 1. The van der Waals surface area contributed by atoms with Crippen molar-refractivity contribution in [3.05, 3.63) is 80.8 Å². The van der Waals surface area contributed by atoms with Crippen molar-refractivity contribution < 1.29 is 9.21 Å². The summed E-state index contributed by atoms with van der Waals surface area (Å²) in [6.45, 7) is 0. The molecule has 1 amide bonds. The Morgan fingerprint density at radius 2 is 1.93 bits per heavy atom. The highest BCUT2D eigenvalue weighted by molar-refractivity contribution is 9.10. The second-order valence-corrected chi connectivity index (χ2v) is 8.05. The minimum absolute atomic E-state index is 0.198. The summed E-state index contributed by atoms with van der Waals surface area (Å²) in [5.41, 5.74) is 1.65. The second-order valence-electron chi connectivity index (χ2n) is 5.67. The molecule has 1 saturated heterocycles. The van der Waals surface area contributed by atoms with E-state index in [1.54, 1.807) is 6.08 Å². The van der Waals surface area contributed by atoms with E-state index < -0.39 is 0 Å². The van der Waals surface area contributed by atoms with E-state index in [0.717, 1.165) is 15.7 Å². The van der Waals surface area contributed by atoms with Gasteiger partial charge in [-0.3, -0.25) is 4.79 Å². The number of nitrogens with one attached hydrogen (secondary N) is 1. The van der Waals surface area contributed by atoms with Gasteiger partial charge in [0.05, 0.1) is 10.6 Å². The van der Waals surface area contributed by atoms with Crippen molar-refractivity contribution in [1.29, 1.82) is 0 Å². The molecule has 1 N–H and O–H groups in total. The Hall–Kier alpha value is -2.28. The van der Waals surface area contributed by atoms with Gasteiger partial charge in [-0.05, 0) is 60.3 Å². The molecule has 0 spiro atoms. The number of hydrogen-bond donors (Lipinski definition) is 1. The monoisotopic (exact) mass is 458 g/mol. The fourth-order valence-electron chi connectivity index (χ4n) is 2.47. The van der Waals surface area contributed by atoms with E-state index in [2.05, 4.69) is 26.2 Å². The van der Waals surface area contributed by atoms with E-state index >= 15 is 0 Å². The van der Waals surface area contributed by atoms with E-state index in [4.69, 9.17) is 16.0 Å². The Morgan fingerprint density at radius 1 is 1.11 bits per heavy atom. The Morgan fingerprint density at radius 3 is 2.70 bits per heavy atom. The van der Waals surface area contributed by atoms with Crippen molar-refractivity contribution in [2.45, 2.75) is 0 Å². The number of rotatable bonds is 3. The zero-order chi connectivity index (χ0) is 18.8. The third-order valence-corrected chi connectivity index (χ3v) is 5.39. The van der Waals surface area contributed by atoms with Gasteiger partial charge in [0, 0.05) is 21.1 Å². The molecule has 3 aromatic rings. The first-order chi connectivity index (χ1) is 13.1. The molecule has 0 unspecified atom stereocenters. The van der Waals surface area contributed by atoms with Crippen LogP contribution in [0.3, 0.4) is 0 Å². The summed E-state index contributed by atoms with van der Waals surface area (Å²) in [5, 5.41) is 3.95. The van der Waals surface area contributed by atoms with Crippen molar-refractivity contribution in [2.75, 3.05) is 0 Å². The summed E-state index contributed by atoms with van der Waals surface area (Å²) in [6, 6.07) is 18.6. The highest BCUT2D eigenvalue weighted by Gasteiger charge is 2.24. The number of amidine groups is 1. The van der Waals surface area contributed by atoms with Crippen LogP contribution in [0.25, 0.3) is 17.4 Å². The highest BCUT2D eigenvalue weighted by atomic mass is 79.9. The molecule has 2 heterocycles. The van der Waals surface area contributed by atoms with Crippen molar-refractivity contribution in [1.82, 2.24) is 5.32 Å². The molecule has 134 valence electrons. The van der Waals surface area contributed by atoms with Crippen LogP contribution in [0.1, 0.15) is 5.76 Å². The normalized spacial score (nSPS) is 16.9. The smallest absolute Gasteiger partial charge is 0.264 e. The van der Waals surface area contributed by atoms with Gasteiger partial charge in [0.2, 0.25) is 0 Å². The molecule has 0 radical (unpaired) electrons. The van der Waals surface area contributed by atoms with Crippen LogP contribution in [0.2, 0.25) is 5.02 Å². The Bertz CT molecular complexity index is 1070. The maximum Gasteiger partial charge on any atom is 0.264 e. The third kappa shape index (κ3) is 4.35. The van der Waals surface area contributed by atoms with Gasteiger partial charge < -0.3 is 9.73 Å². The predicted octanol–water partition coefficient (Wildman–Crippen LogP) is 6.25. The standard InChI is InChI=1S/C20H12BrClN2O2S/c21-13-4-6-15(7-5-13)23-20-24-19(25)18(27-20)11-16-8-9-17(26-16)12-2-1-3-14(22)10-12/h1-11H,(H,23,24,25). The first-order valence-electron chi connectivity index (χ1n) is 7.98. The maximum absolute atomic E-state index is 12.2. The van der Waals surface area contributed by atoms with Crippen LogP contribution in [0.4, 0.5) is 5.69 Å². The van der Waals surface area contributed by atoms with Crippen LogP contribution in [0, 0.1) is 0 Å². The molecule has 1 aliphatic rings. The lowest BCUT2D eigenvalue weighted by Crippen LogP contribution is -2.19. The summed E-state index contributed by atoms with van der Waals surface area (Å²) in [7, 11) is 0. The molecule has 0 aliphatic carbocycles. The first-order valence-corrected chi connectivity index (χ1v) is 9.96. The average molecular weight is 460 g/mol. The highest BCUT2D eigenvalue weighted by Crippen LogP contribution is 2.30. The average Bonchev–Trinajstić information content (AvgIpc) is 3.24. The van der Waals surface area contributed by atoms with Crippen molar-refractivity contribution in [3.8, 4) is 11.3 Å². The molecule has 1 aromatic heterocycles. The molecule has 0 atom stereocenters. The number of nitrogens with zero attached hydrogens (tertiary/aromatic N) is 1. The zero-order valence-electron chi connectivity index (χ0n) is 13.8. The van der Waals surface area contributed by atoms with Gasteiger partial charge in [-0.25, -0.2) is 4.99 Å². The van der Waals surface area contributed by atoms with Gasteiger partial charge in [-0.15, -0.1) is 0 Å². The van der Waals surface area contributed by atoms with Crippen LogP contribution in [-0.2, 0) is 4.79 Å². The number of halogens is 2. The van der Waals surface area contributed by atoms with Gasteiger partial charge >= 0.3 is 0 Å². The molecule has 27 heavy (non-hydrogen) atoms. The van der Waals surface area contributed by atoms with Crippen LogP contribution in [0.5, 0.6) is 0 Å². The van der Waals surface area contributed by atoms with E-state index in [0.29, 0.717) is 26.6 Å². The van der Waals surface area contributed by atoms with Crippen molar-refractivity contribution >= 4 is 62.1 Å². The molecule has 1 aliphatic heterocycles. The number of amides is 1. The number of furan rings is 1. The Balaban J connectivity index is 1.54. The second kappa shape index (κ2) is 7.76. The van der Waals surface area contributed by atoms with E-state index in [9.17, 15) is 4.79 Å². The lowest BCUT2D eigenvalue weighted by atomic mass is 10.2. The number of benzene rings is 2. The van der Waals surface area contributed by atoms with Crippen LogP contribution < -0.4 is 5.32 Å². The zero-order valence-corrected chi connectivity index (χ0v) is 16.9. The summed E-state index contributed by atoms with van der Waals surface area (Å²) in [4.78, 5) is 17.2. The third-order valence-electron chi connectivity index (χ3n) is 3.72. The van der Waals surface area contributed by atoms with Crippen molar-refractivity contribution in [2.24, 2.45) is 4.99 Å². The lowest BCUT2D eigenvalue weighted by molar-refractivity contribution is -0.115. The fourth-order valence-corrected chi connectivity index (χ4v) is 3.75. The number of carbonyl (C=O) groups excluding carboxylic acids is 1. The lowest BCUT2D eigenvalue weighted by Gasteiger charge is -1.97. The summed E-state index contributed by atoms with van der Waals surface area (Å²) in [5.74, 6) is 1.08. The van der Waals surface area contributed by atoms with Crippen LogP contribution in [0.15, 0.2) is 79.5 Å². The Kier molecular flexibility index (Phi) is 5.20. The topological polar surface area (TPSA) is 54.6 Å². The summed E-state index contributed by atoms with van der Waals surface area (Å²) in [6.07, 6.45) is 1.71. The fraction of sp³-hybridized carbons (Fsp3) is 0. The molecular weight excluding hydrogens is 448 g/mol. The van der Waals surface area contributed by atoms with Crippen LogP contribution >= 0.6 is 39.3 Å². The van der Waals surface area contributed by atoms with Gasteiger partial charge in [0.1, 0.15) is 11.5 Å². The molecule has 1 fully saturated rings. The molecule has 0 bridgehead atoms. The van der Waals surface area contributed by atoms with Gasteiger partial charge in [0.15, 0.2) is 5.17 Å². The van der Waals surface area contributed by atoms with Gasteiger partial charge in [-0.2, -0.15) is 0 Å². The van der Waals surface area contributed by atoms with Gasteiger partial charge in [0.25, 0.3) is 5.91 Å². The predicted molar refractivity (Wildman–Crippen MR) is 114 cm³/mol. The van der Waals surface area contributed by atoms with Crippen LogP contribution in [-0.4, -0.2) is 11.1 Å². The minimum atomic E-state index is -0.198. The quantitative estimate of drug-likeness (QED) is 0.471. The first kappa shape index (κ1) is 18.1. The number of carbonyl (C=O) groups is 1. The molecule has 4 rings (SSSR count). The molecule has 4 nitrogen and oxygen atoms in total. The van der Waals surface area contributed by atoms with Gasteiger partial charge in [-0.1, -0.05) is 39.7 Å². The molecule has 7 heteroatoms. The molecular formula is C20H12BrClN2O2S. The minimum Gasteiger partial charge on any atom is -0.457 e. The SMILES string of the molecule is O=C1NC(=Nc2ccc(Br)cc2)SC1=Cc1ccc(-c2cccc(Cl)c2)o1. The molecule has 2 aromatic carbocycles. The summed E-state index contributed by atoms with van der Waals surface area (Å²) < 4.78 is 6.80. The van der Waals surface area contributed by atoms with Crippen molar-refractivity contribution in [3.63, 3.8) is 0 Å². The molecule has 0 saturated carbocycles. The summed E-state index contributed by atoms with van der Waals surface area (Å²) >= 11 is 10.7. The Labute approximate surface area is 173 Å². The number of aliphatic imine (C=N–C) groups is 1. The largest absolute Gasteiger partial charge is 0.457 e.